The molecule has 2 N–H and O–H groups in total. The number of ketones is 1. The average Bonchev–Trinajstić information content (AvgIpc) is 2.35. The highest BCUT2D eigenvalue weighted by Crippen LogP contribution is 2.14. The number of aliphatic hydroxyl groups excluding tert-OH is 2. The van der Waals surface area contributed by atoms with Crippen molar-refractivity contribution in [3.05, 3.63) is 34.9 Å². The second-order valence-electron chi connectivity index (χ2n) is 4.81. The zero-order chi connectivity index (χ0) is 14.3. The Kier molecular flexibility index (Phi) is 6.70. The van der Waals surface area contributed by atoms with Gasteiger partial charge in [-0.15, -0.1) is 0 Å². The number of aliphatic hydroxyl groups is 2. The largest absolute Gasteiger partial charge is 0.395 e. The monoisotopic (exact) mass is 265 g/mol. The molecule has 1 aromatic rings. The van der Waals surface area contributed by atoms with Crippen molar-refractivity contribution in [2.24, 2.45) is 0 Å². The van der Waals surface area contributed by atoms with Crippen molar-refractivity contribution < 1.29 is 15.0 Å². The van der Waals surface area contributed by atoms with E-state index in [0.717, 1.165) is 16.7 Å². The van der Waals surface area contributed by atoms with Gasteiger partial charge in [0, 0.05) is 19.5 Å². The van der Waals surface area contributed by atoms with Gasteiger partial charge in [0.2, 0.25) is 0 Å². The highest BCUT2D eigenvalue weighted by atomic mass is 16.3. The van der Waals surface area contributed by atoms with Crippen LogP contribution in [-0.4, -0.2) is 53.7 Å². The number of aryl methyl sites for hydroxylation is 2. The maximum atomic E-state index is 12.1. The Morgan fingerprint density at radius 2 is 1.63 bits per heavy atom. The molecule has 0 bridgehead atoms. The second kappa shape index (κ2) is 8.04. The molecule has 0 unspecified atom stereocenters. The minimum Gasteiger partial charge on any atom is -0.395 e. The van der Waals surface area contributed by atoms with Gasteiger partial charge in [0.1, 0.15) is 0 Å². The van der Waals surface area contributed by atoms with E-state index in [1.807, 2.05) is 32.0 Å². The minimum absolute atomic E-state index is 0.00330. The molecule has 0 aliphatic rings. The lowest BCUT2D eigenvalue weighted by atomic mass is 9.98. The Morgan fingerprint density at radius 1 is 1.11 bits per heavy atom. The maximum absolute atomic E-state index is 12.1. The fraction of sp³-hybridized carbons (Fsp3) is 0.533. The van der Waals surface area contributed by atoms with Crippen LogP contribution in [-0.2, 0) is 11.2 Å². The summed E-state index contributed by atoms with van der Waals surface area (Å²) in [5.74, 6) is 0.110. The Bertz CT molecular complexity index is 392. The van der Waals surface area contributed by atoms with E-state index in [9.17, 15) is 4.79 Å². The van der Waals surface area contributed by atoms with Crippen molar-refractivity contribution in [1.82, 2.24) is 4.90 Å². The molecule has 1 rings (SSSR count). The standard InChI is InChI=1S/C15H23NO3/c1-12-4-3-5-13(2)15(12)10-14(19)11-16(6-8-17)7-9-18/h3-5,17-18H,6-11H2,1-2H3. The van der Waals surface area contributed by atoms with Gasteiger partial charge < -0.3 is 10.2 Å². The average molecular weight is 265 g/mol. The quantitative estimate of drug-likeness (QED) is 0.726. The lowest BCUT2D eigenvalue weighted by Gasteiger charge is -2.19. The second-order valence-corrected chi connectivity index (χ2v) is 4.81. The summed E-state index contributed by atoms with van der Waals surface area (Å²) >= 11 is 0. The molecule has 4 nitrogen and oxygen atoms in total. The van der Waals surface area contributed by atoms with Crippen LogP contribution in [0.4, 0.5) is 0 Å². The molecule has 1 aromatic carbocycles. The Morgan fingerprint density at radius 3 is 2.11 bits per heavy atom. The van der Waals surface area contributed by atoms with Crippen LogP contribution >= 0.6 is 0 Å². The molecule has 106 valence electrons. The van der Waals surface area contributed by atoms with Gasteiger partial charge in [0.25, 0.3) is 0 Å². The van der Waals surface area contributed by atoms with Crippen LogP contribution in [0, 0.1) is 13.8 Å². The molecule has 0 saturated heterocycles. The minimum atomic E-state index is -0.00330. The maximum Gasteiger partial charge on any atom is 0.151 e. The summed E-state index contributed by atoms with van der Waals surface area (Å²) in [5, 5.41) is 17.8. The molecule has 0 aliphatic carbocycles. The number of benzene rings is 1. The summed E-state index contributed by atoms with van der Waals surface area (Å²) in [6.07, 6.45) is 0.409. The van der Waals surface area contributed by atoms with E-state index in [2.05, 4.69) is 0 Å². The summed E-state index contributed by atoms with van der Waals surface area (Å²) in [4.78, 5) is 13.8. The molecule has 0 amide bonds. The highest BCUT2D eigenvalue weighted by Gasteiger charge is 2.12. The predicted molar refractivity (Wildman–Crippen MR) is 75.2 cm³/mol. The van der Waals surface area contributed by atoms with Crippen LogP contribution in [0.2, 0.25) is 0 Å². The Hall–Kier alpha value is -1.23. The number of rotatable bonds is 8. The van der Waals surface area contributed by atoms with Gasteiger partial charge in [0.15, 0.2) is 5.78 Å². The SMILES string of the molecule is Cc1cccc(C)c1CC(=O)CN(CCO)CCO. The van der Waals surface area contributed by atoms with E-state index in [4.69, 9.17) is 10.2 Å². The van der Waals surface area contributed by atoms with Gasteiger partial charge in [-0.1, -0.05) is 18.2 Å². The fourth-order valence-electron chi connectivity index (χ4n) is 2.18. The first-order valence-corrected chi connectivity index (χ1v) is 6.59. The van der Waals surface area contributed by atoms with Gasteiger partial charge in [-0.25, -0.2) is 0 Å². The van der Waals surface area contributed by atoms with Crippen LogP contribution in [0.5, 0.6) is 0 Å². The van der Waals surface area contributed by atoms with Crippen molar-refractivity contribution in [3.8, 4) is 0 Å². The summed E-state index contributed by atoms with van der Waals surface area (Å²) in [5.41, 5.74) is 3.34. The molecule has 0 aromatic heterocycles. The van der Waals surface area contributed by atoms with Crippen molar-refractivity contribution in [2.45, 2.75) is 20.3 Å². The van der Waals surface area contributed by atoms with Gasteiger partial charge >= 0.3 is 0 Å². The van der Waals surface area contributed by atoms with Crippen molar-refractivity contribution in [2.75, 3.05) is 32.8 Å². The number of carbonyl (C=O) groups excluding carboxylic acids is 1. The molecule has 4 heteroatoms. The molecule has 0 fully saturated rings. The van der Waals surface area contributed by atoms with Crippen LogP contribution in [0.15, 0.2) is 18.2 Å². The zero-order valence-electron chi connectivity index (χ0n) is 11.7. The molecule has 0 radical (unpaired) electrons. The Labute approximate surface area is 114 Å². The van der Waals surface area contributed by atoms with E-state index in [1.54, 1.807) is 4.90 Å². The molecule has 0 spiro atoms. The van der Waals surface area contributed by atoms with Crippen molar-refractivity contribution in [3.63, 3.8) is 0 Å². The lowest BCUT2D eigenvalue weighted by molar-refractivity contribution is -0.119. The molecule has 0 atom stereocenters. The van der Waals surface area contributed by atoms with Gasteiger partial charge in [-0.3, -0.25) is 9.69 Å². The van der Waals surface area contributed by atoms with Gasteiger partial charge in [-0.05, 0) is 30.5 Å². The van der Waals surface area contributed by atoms with Crippen LogP contribution in [0.3, 0.4) is 0 Å². The molecular formula is C15H23NO3. The number of Topliss-reactive ketones (excluding diaryl/α,β-unsaturated/α-hetero) is 1. The van der Waals surface area contributed by atoms with Crippen molar-refractivity contribution >= 4 is 5.78 Å². The fourth-order valence-corrected chi connectivity index (χ4v) is 2.18. The number of hydrogen-bond acceptors (Lipinski definition) is 4. The third-order valence-corrected chi connectivity index (χ3v) is 3.25. The molecule has 0 saturated carbocycles. The molecule has 19 heavy (non-hydrogen) atoms. The third kappa shape index (κ3) is 5.11. The molecular weight excluding hydrogens is 242 g/mol. The predicted octanol–water partition coefficient (Wildman–Crippen LogP) is 0.702. The first kappa shape index (κ1) is 15.8. The summed E-state index contributed by atoms with van der Waals surface area (Å²) in [6.45, 7) is 5.12. The molecule has 0 aliphatic heterocycles. The van der Waals surface area contributed by atoms with Gasteiger partial charge in [-0.2, -0.15) is 0 Å². The number of hydrogen-bond donors (Lipinski definition) is 2. The van der Waals surface area contributed by atoms with Crippen LogP contribution in [0.1, 0.15) is 16.7 Å². The highest BCUT2D eigenvalue weighted by molar-refractivity contribution is 5.83. The van der Waals surface area contributed by atoms with Crippen LogP contribution < -0.4 is 0 Å². The van der Waals surface area contributed by atoms with E-state index >= 15 is 0 Å². The summed E-state index contributed by atoms with van der Waals surface area (Å²) in [7, 11) is 0. The topological polar surface area (TPSA) is 60.8 Å². The van der Waals surface area contributed by atoms with E-state index in [1.165, 1.54) is 0 Å². The van der Waals surface area contributed by atoms with Crippen molar-refractivity contribution in [1.29, 1.82) is 0 Å². The van der Waals surface area contributed by atoms with Crippen LogP contribution in [0.25, 0.3) is 0 Å². The third-order valence-electron chi connectivity index (χ3n) is 3.25. The number of carbonyl (C=O) groups is 1. The first-order chi connectivity index (χ1) is 9.08. The smallest absolute Gasteiger partial charge is 0.151 e. The summed E-state index contributed by atoms with van der Waals surface area (Å²) in [6, 6.07) is 6.01. The zero-order valence-corrected chi connectivity index (χ0v) is 11.7. The first-order valence-electron chi connectivity index (χ1n) is 6.59. The molecule has 0 heterocycles. The van der Waals surface area contributed by atoms with E-state index in [-0.39, 0.29) is 25.5 Å². The normalized spacial score (nSPS) is 11.0. The van der Waals surface area contributed by atoms with Gasteiger partial charge in [0.05, 0.1) is 19.8 Å². The summed E-state index contributed by atoms with van der Waals surface area (Å²) < 4.78 is 0. The Balaban J connectivity index is 2.63. The van der Waals surface area contributed by atoms with E-state index in [0.29, 0.717) is 19.5 Å². The van der Waals surface area contributed by atoms with E-state index < -0.39 is 0 Å². The number of nitrogens with zero attached hydrogens (tertiary/aromatic N) is 1. The lowest BCUT2D eigenvalue weighted by Crippen LogP contribution is -2.35.